The molecule has 0 atom stereocenters. The molecule has 1 aromatic carbocycles. The van der Waals surface area contributed by atoms with Crippen LogP contribution in [0.1, 0.15) is 44.6 Å². The third kappa shape index (κ3) is 3.04. The molecule has 0 aliphatic heterocycles. The number of hydrogen-bond acceptors (Lipinski definition) is 5. The zero-order chi connectivity index (χ0) is 20.0. The zero-order valence-corrected chi connectivity index (χ0v) is 11.6. The summed E-state index contributed by atoms with van der Waals surface area (Å²) in [7, 11) is 0. The number of hydrogen-bond donors (Lipinski definition) is 1. The molecular formula is C13H19N3O4. The van der Waals surface area contributed by atoms with E-state index in [-0.39, 0.29) is 11.1 Å². The molecule has 0 aliphatic carbocycles. The van der Waals surface area contributed by atoms with Crippen LogP contribution in [0.4, 0.5) is 17.1 Å². The van der Waals surface area contributed by atoms with E-state index in [0.717, 1.165) is 19.9 Å². The molecule has 0 aliphatic rings. The van der Waals surface area contributed by atoms with Crippen molar-refractivity contribution < 1.29 is 16.7 Å². The molecule has 1 aromatic rings. The van der Waals surface area contributed by atoms with E-state index in [2.05, 4.69) is 5.32 Å². The quantitative estimate of drug-likeness (QED) is 0.634. The Kier molecular flexibility index (Phi) is 3.06. The molecular weight excluding hydrogens is 262 g/mol. The average Bonchev–Trinajstić information content (AvgIpc) is 2.39. The monoisotopic (exact) mass is 286 g/mol. The summed E-state index contributed by atoms with van der Waals surface area (Å²) >= 11 is 0. The van der Waals surface area contributed by atoms with Gasteiger partial charge in [0.1, 0.15) is 0 Å². The Hall–Kier alpha value is -2.18. The Morgan fingerprint density at radius 1 is 1.30 bits per heavy atom. The minimum absolute atomic E-state index is 0.105. The van der Waals surface area contributed by atoms with Gasteiger partial charge in [0.2, 0.25) is 0 Å². The molecule has 0 amide bonds. The van der Waals surface area contributed by atoms with E-state index in [1.807, 2.05) is 0 Å². The highest BCUT2D eigenvalue weighted by Crippen LogP contribution is 2.39. The summed E-state index contributed by atoms with van der Waals surface area (Å²) in [5.41, 5.74) is -1.71. The smallest absolute Gasteiger partial charge is 0.302 e. The van der Waals surface area contributed by atoms with E-state index in [1.165, 1.54) is 13.8 Å². The molecule has 0 unspecified atom stereocenters. The number of benzene rings is 1. The van der Waals surface area contributed by atoms with Gasteiger partial charge in [0.05, 0.1) is 11.2 Å². The Balaban J connectivity index is 3.85. The van der Waals surface area contributed by atoms with E-state index >= 15 is 0 Å². The lowest BCUT2D eigenvalue weighted by Crippen LogP contribution is -2.19. The van der Waals surface area contributed by atoms with Gasteiger partial charge in [-0.25, -0.2) is 0 Å². The van der Waals surface area contributed by atoms with E-state index in [4.69, 9.17) is 6.85 Å². The molecule has 0 fully saturated rings. The number of nitro groups is 2. The second-order valence-corrected chi connectivity index (χ2v) is 4.08. The van der Waals surface area contributed by atoms with Gasteiger partial charge in [-0.3, -0.25) is 20.2 Å². The largest absolute Gasteiger partial charge is 0.371 e. The first-order valence-electron chi connectivity index (χ1n) is 8.25. The predicted octanol–water partition coefficient (Wildman–Crippen LogP) is 3.72. The van der Waals surface area contributed by atoms with Crippen LogP contribution in [-0.4, -0.2) is 15.9 Å². The molecule has 1 rings (SSSR count). The molecule has 0 bridgehead atoms. The molecule has 20 heavy (non-hydrogen) atoms. The Morgan fingerprint density at radius 3 is 2.25 bits per heavy atom. The molecule has 0 aromatic heterocycles. The minimum Gasteiger partial charge on any atom is -0.371 e. The number of nitro benzene ring substituents is 2. The van der Waals surface area contributed by atoms with Crippen LogP contribution >= 0.6 is 0 Å². The fourth-order valence-electron chi connectivity index (χ4n) is 1.75. The lowest BCUT2D eigenvalue weighted by Gasteiger charge is -2.17. The summed E-state index contributed by atoms with van der Waals surface area (Å²) in [5.74, 6) is 0. The molecule has 0 saturated heterocycles. The highest BCUT2D eigenvalue weighted by atomic mass is 16.6. The van der Waals surface area contributed by atoms with E-state index < -0.39 is 45.7 Å². The van der Waals surface area contributed by atoms with Gasteiger partial charge in [-0.05, 0) is 32.2 Å². The van der Waals surface area contributed by atoms with Crippen molar-refractivity contribution in [2.24, 2.45) is 0 Å². The molecule has 0 spiro atoms. The summed E-state index contributed by atoms with van der Waals surface area (Å²) in [6.45, 7) is 4.67. The van der Waals surface area contributed by atoms with Gasteiger partial charge in [0.15, 0.2) is 5.69 Å². The summed E-state index contributed by atoms with van der Waals surface area (Å²) in [5, 5.41) is 24.9. The fourth-order valence-corrected chi connectivity index (χ4v) is 1.75. The van der Waals surface area contributed by atoms with Gasteiger partial charge in [-0.1, -0.05) is 13.8 Å². The van der Waals surface area contributed by atoms with Crippen LogP contribution in [0.2, 0.25) is 0 Å². The summed E-state index contributed by atoms with van der Waals surface area (Å²) < 4.78 is 39.4. The zero-order valence-electron chi connectivity index (χ0n) is 16.6. The van der Waals surface area contributed by atoms with Gasteiger partial charge in [-0.2, -0.15) is 0 Å². The summed E-state index contributed by atoms with van der Waals surface area (Å²) in [6, 6.07) is -1.65. The Labute approximate surface area is 124 Å². The van der Waals surface area contributed by atoms with Crippen LogP contribution in [0.3, 0.4) is 0 Å². The summed E-state index contributed by atoms with van der Waals surface area (Å²) in [4.78, 5) is 21.0. The standard InChI is InChI=1S/C13H19N3O4/c1-5-10(6-2)14-12-11(15(17)18)7-8(3)9(4)13(12)16(19)20/h7,10,14H,5-6H2,1-4H3/i5D2,6D2,10D. The number of nitrogens with zero attached hydrogens (tertiary/aromatic N) is 2. The van der Waals surface area contributed by atoms with E-state index in [9.17, 15) is 20.2 Å². The van der Waals surface area contributed by atoms with Crippen molar-refractivity contribution >= 4 is 17.1 Å². The molecule has 0 radical (unpaired) electrons. The first kappa shape index (κ1) is 9.68. The molecule has 0 saturated carbocycles. The second kappa shape index (κ2) is 6.31. The van der Waals surface area contributed by atoms with Crippen molar-refractivity contribution in [1.82, 2.24) is 0 Å². The van der Waals surface area contributed by atoms with Crippen molar-refractivity contribution in [2.75, 3.05) is 5.32 Å². The van der Waals surface area contributed by atoms with Gasteiger partial charge >= 0.3 is 5.69 Å². The second-order valence-electron chi connectivity index (χ2n) is 4.08. The van der Waals surface area contributed by atoms with Gasteiger partial charge < -0.3 is 5.32 Å². The fraction of sp³-hybridized carbons (Fsp3) is 0.538. The van der Waals surface area contributed by atoms with Crippen LogP contribution in [0.15, 0.2) is 6.07 Å². The van der Waals surface area contributed by atoms with Gasteiger partial charge in [0.25, 0.3) is 5.69 Å². The maximum Gasteiger partial charge on any atom is 0.302 e. The number of rotatable bonds is 6. The third-order valence-electron chi connectivity index (χ3n) is 2.92. The molecule has 1 N–H and O–H groups in total. The summed E-state index contributed by atoms with van der Waals surface area (Å²) in [6.07, 6.45) is -5.04. The van der Waals surface area contributed by atoms with Crippen molar-refractivity contribution in [3.8, 4) is 0 Å². The average molecular weight is 286 g/mol. The molecule has 7 heteroatoms. The van der Waals surface area contributed by atoms with Crippen molar-refractivity contribution in [3.05, 3.63) is 37.4 Å². The first-order valence-corrected chi connectivity index (χ1v) is 5.75. The molecule has 110 valence electrons. The predicted molar refractivity (Wildman–Crippen MR) is 77.2 cm³/mol. The highest BCUT2D eigenvalue weighted by Gasteiger charge is 2.30. The van der Waals surface area contributed by atoms with Crippen LogP contribution in [0.25, 0.3) is 0 Å². The van der Waals surface area contributed by atoms with Crippen molar-refractivity contribution in [1.29, 1.82) is 0 Å². The third-order valence-corrected chi connectivity index (χ3v) is 2.92. The number of nitrogens with one attached hydrogen (secondary N) is 1. The Morgan fingerprint density at radius 2 is 1.85 bits per heavy atom. The minimum atomic E-state index is -2.72. The molecule has 0 heterocycles. The Bertz CT molecular complexity index is 714. The van der Waals surface area contributed by atoms with E-state index in [1.54, 1.807) is 0 Å². The van der Waals surface area contributed by atoms with Gasteiger partial charge in [0, 0.05) is 23.1 Å². The maximum atomic E-state index is 11.4. The highest BCUT2D eigenvalue weighted by molar-refractivity contribution is 5.77. The number of aryl methyl sites for hydroxylation is 1. The maximum absolute atomic E-state index is 11.4. The number of anilines is 1. The van der Waals surface area contributed by atoms with E-state index in [0.29, 0.717) is 0 Å². The van der Waals surface area contributed by atoms with Crippen LogP contribution in [0, 0.1) is 34.1 Å². The lowest BCUT2D eigenvalue weighted by atomic mass is 10.0. The van der Waals surface area contributed by atoms with Crippen LogP contribution < -0.4 is 5.32 Å². The van der Waals surface area contributed by atoms with Crippen molar-refractivity contribution in [2.45, 2.75) is 46.5 Å². The SMILES string of the molecule is [2H]C([2H])(C)C([2H])(Nc1c([N+](=O)[O-])cc(C)c(C)c1[N+](=O)[O-])C([2H])([2H])C. The van der Waals surface area contributed by atoms with Crippen LogP contribution in [-0.2, 0) is 0 Å². The van der Waals surface area contributed by atoms with Crippen LogP contribution in [0.5, 0.6) is 0 Å². The lowest BCUT2D eigenvalue weighted by molar-refractivity contribution is -0.392. The van der Waals surface area contributed by atoms with Gasteiger partial charge in [-0.15, -0.1) is 0 Å². The normalized spacial score (nSPS) is 16.3. The first-order chi connectivity index (χ1) is 11.0. The van der Waals surface area contributed by atoms with Crippen molar-refractivity contribution in [3.63, 3.8) is 0 Å². The molecule has 7 nitrogen and oxygen atoms in total. The topological polar surface area (TPSA) is 98.3 Å².